The molecule has 1 rings (SSSR count). The number of rotatable bonds is 1. The maximum atomic E-state index is 12.6. The molecule has 0 aliphatic heterocycles. The average Bonchev–Trinajstić information content (AvgIpc) is 1.96. The van der Waals surface area contributed by atoms with Crippen molar-refractivity contribution >= 4 is 27.5 Å². The highest BCUT2D eigenvalue weighted by molar-refractivity contribution is 9.10. The summed E-state index contributed by atoms with van der Waals surface area (Å²) in [6.45, 7) is 0. The fourth-order valence-corrected chi connectivity index (χ4v) is 1.22. The standard InChI is InChI=1S/C6H2BrClF3N/c7-2-1-3(9)5(8)12-4(2)6(10)11/h1,6H. The van der Waals surface area contributed by atoms with Gasteiger partial charge in [-0.1, -0.05) is 11.6 Å². The number of hydrogen-bond donors (Lipinski definition) is 0. The smallest absolute Gasteiger partial charge is 0.231 e. The molecule has 0 saturated heterocycles. The van der Waals surface area contributed by atoms with Gasteiger partial charge in [0, 0.05) is 4.47 Å². The molecule has 12 heavy (non-hydrogen) atoms. The Morgan fingerprint density at radius 2 is 2.08 bits per heavy atom. The number of alkyl halides is 2. The maximum absolute atomic E-state index is 12.6. The molecule has 0 spiro atoms. The van der Waals surface area contributed by atoms with Crippen molar-refractivity contribution in [2.45, 2.75) is 6.43 Å². The molecule has 0 radical (unpaired) electrons. The average molecular weight is 260 g/mol. The maximum Gasteiger partial charge on any atom is 0.281 e. The van der Waals surface area contributed by atoms with Crippen LogP contribution in [0.3, 0.4) is 0 Å². The van der Waals surface area contributed by atoms with Gasteiger partial charge in [0.25, 0.3) is 6.43 Å². The third-order valence-corrected chi connectivity index (χ3v) is 2.02. The van der Waals surface area contributed by atoms with Crippen molar-refractivity contribution in [2.24, 2.45) is 0 Å². The van der Waals surface area contributed by atoms with Gasteiger partial charge in [0.2, 0.25) is 0 Å². The first-order valence-electron chi connectivity index (χ1n) is 2.82. The fraction of sp³-hybridized carbons (Fsp3) is 0.167. The summed E-state index contributed by atoms with van der Waals surface area (Å²) in [5.74, 6) is -0.826. The molecule has 1 aromatic rings. The predicted molar refractivity (Wildman–Crippen MR) is 41.9 cm³/mol. The van der Waals surface area contributed by atoms with E-state index in [0.29, 0.717) is 0 Å². The van der Waals surface area contributed by atoms with Crippen molar-refractivity contribution in [1.82, 2.24) is 4.98 Å². The minimum absolute atomic E-state index is 0.0839. The Morgan fingerprint density at radius 3 is 2.58 bits per heavy atom. The van der Waals surface area contributed by atoms with Crippen LogP contribution in [0.2, 0.25) is 5.15 Å². The first-order chi connectivity index (χ1) is 5.52. The number of aromatic nitrogens is 1. The summed E-state index contributed by atoms with van der Waals surface area (Å²) in [5, 5.41) is -0.548. The number of hydrogen-bond acceptors (Lipinski definition) is 1. The van der Waals surface area contributed by atoms with Crippen LogP contribution in [0.1, 0.15) is 12.1 Å². The summed E-state index contributed by atoms with van der Waals surface area (Å²) in [6.07, 6.45) is -2.77. The summed E-state index contributed by atoms with van der Waals surface area (Å²) in [6, 6.07) is 0.858. The molecule has 0 N–H and O–H groups in total. The Hall–Kier alpha value is -0.290. The highest BCUT2D eigenvalue weighted by Crippen LogP contribution is 2.28. The van der Waals surface area contributed by atoms with Crippen molar-refractivity contribution in [2.75, 3.05) is 0 Å². The van der Waals surface area contributed by atoms with Crippen LogP contribution in [0.25, 0.3) is 0 Å². The van der Waals surface area contributed by atoms with Gasteiger partial charge in [0.15, 0.2) is 11.0 Å². The summed E-state index contributed by atoms with van der Waals surface area (Å²) in [7, 11) is 0. The van der Waals surface area contributed by atoms with Crippen LogP contribution in [0.15, 0.2) is 10.5 Å². The van der Waals surface area contributed by atoms with E-state index in [1.165, 1.54) is 0 Å². The Kier molecular flexibility index (Phi) is 2.95. The van der Waals surface area contributed by atoms with Gasteiger partial charge in [-0.15, -0.1) is 0 Å². The molecule has 0 aromatic carbocycles. The SMILES string of the molecule is Fc1cc(Br)c(C(F)F)nc1Cl. The molecule has 0 amide bonds. The minimum Gasteiger partial charge on any atom is -0.231 e. The zero-order valence-corrected chi connectivity index (χ0v) is 7.83. The van der Waals surface area contributed by atoms with Crippen molar-refractivity contribution in [1.29, 1.82) is 0 Å². The monoisotopic (exact) mass is 259 g/mol. The summed E-state index contributed by atoms with van der Waals surface area (Å²) in [5.41, 5.74) is -0.554. The van der Waals surface area contributed by atoms with Crippen LogP contribution in [-0.2, 0) is 0 Å². The van der Waals surface area contributed by atoms with Crippen molar-refractivity contribution in [3.63, 3.8) is 0 Å². The normalized spacial score (nSPS) is 10.8. The van der Waals surface area contributed by atoms with E-state index in [9.17, 15) is 13.2 Å². The van der Waals surface area contributed by atoms with Gasteiger partial charge < -0.3 is 0 Å². The van der Waals surface area contributed by atoms with E-state index < -0.39 is 23.1 Å². The lowest BCUT2D eigenvalue weighted by Crippen LogP contribution is -1.94. The van der Waals surface area contributed by atoms with E-state index in [4.69, 9.17) is 11.6 Å². The molecule has 6 heteroatoms. The third kappa shape index (κ3) is 1.90. The van der Waals surface area contributed by atoms with Gasteiger partial charge in [0.1, 0.15) is 5.69 Å². The Labute approximate surface area is 79.7 Å². The molecule has 0 fully saturated rings. The van der Waals surface area contributed by atoms with Gasteiger partial charge in [-0.2, -0.15) is 0 Å². The number of pyridine rings is 1. The van der Waals surface area contributed by atoms with Crippen LogP contribution in [0.4, 0.5) is 13.2 Å². The van der Waals surface area contributed by atoms with Crippen molar-refractivity contribution in [3.8, 4) is 0 Å². The quantitative estimate of drug-likeness (QED) is 0.703. The molecule has 1 aromatic heterocycles. The molecule has 0 atom stereocenters. The van der Waals surface area contributed by atoms with Gasteiger partial charge in [-0.25, -0.2) is 18.2 Å². The van der Waals surface area contributed by atoms with E-state index in [2.05, 4.69) is 20.9 Å². The summed E-state index contributed by atoms with van der Waals surface area (Å²) >= 11 is 7.93. The van der Waals surface area contributed by atoms with Crippen molar-refractivity contribution in [3.05, 3.63) is 27.2 Å². The van der Waals surface area contributed by atoms with Gasteiger partial charge >= 0.3 is 0 Å². The van der Waals surface area contributed by atoms with Gasteiger partial charge in [-0.05, 0) is 22.0 Å². The minimum atomic E-state index is -2.77. The molecular formula is C6H2BrClF3N. The molecule has 66 valence electrons. The Bertz CT molecular complexity index is 305. The van der Waals surface area contributed by atoms with Crippen LogP contribution in [0, 0.1) is 5.82 Å². The first-order valence-corrected chi connectivity index (χ1v) is 3.99. The zero-order chi connectivity index (χ0) is 9.30. The van der Waals surface area contributed by atoms with E-state index in [1.807, 2.05) is 0 Å². The molecule has 0 aliphatic rings. The molecule has 1 heterocycles. The predicted octanol–water partition coefficient (Wildman–Crippen LogP) is 3.57. The molecule has 0 saturated carbocycles. The Morgan fingerprint density at radius 1 is 1.50 bits per heavy atom. The second-order valence-corrected chi connectivity index (χ2v) is 3.14. The summed E-state index contributed by atoms with van der Waals surface area (Å²) < 4.78 is 36.6. The Balaban J connectivity index is 3.23. The number of halogens is 5. The molecule has 1 nitrogen and oxygen atoms in total. The van der Waals surface area contributed by atoms with Crippen LogP contribution < -0.4 is 0 Å². The van der Waals surface area contributed by atoms with Gasteiger partial charge in [0.05, 0.1) is 0 Å². The lowest BCUT2D eigenvalue weighted by Gasteiger charge is -2.02. The van der Waals surface area contributed by atoms with E-state index in [-0.39, 0.29) is 4.47 Å². The van der Waals surface area contributed by atoms with Crippen LogP contribution >= 0.6 is 27.5 Å². The van der Waals surface area contributed by atoms with Gasteiger partial charge in [-0.3, -0.25) is 0 Å². The fourth-order valence-electron chi connectivity index (χ4n) is 0.610. The lowest BCUT2D eigenvalue weighted by molar-refractivity contribution is 0.145. The second-order valence-electron chi connectivity index (χ2n) is 1.93. The molecule has 0 unspecified atom stereocenters. The van der Waals surface area contributed by atoms with E-state index in [1.54, 1.807) is 0 Å². The lowest BCUT2D eigenvalue weighted by atomic mass is 10.3. The first kappa shape index (κ1) is 9.80. The molecular weight excluding hydrogens is 258 g/mol. The van der Waals surface area contributed by atoms with Crippen LogP contribution in [-0.4, -0.2) is 4.98 Å². The van der Waals surface area contributed by atoms with Crippen LogP contribution in [0.5, 0.6) is 0 Å². The topological polar surface area (TPSA) is 12.9 Å². The highest BCUT2D eigenvalue weighted by atomic mass is 79.9. The van der Waals surface area contributed by atoms with Crippen molar-refractivity contribution < 1.29 is 13.2 Å². The molecule has 0 aliphatic carbocycles. The highest BCUT2D eigenvalue weighted by Gasteiger charge is 2.16. The zero-order valence-electron chi connectivity index (χ0n) is 5.49. The largest absolute Gasteiger partial charge is 0.281 e. The molecule has 0 bridgehead atoms. The van der Waals surface area contributed by atoms with E-state index >= 15 is 0 Å². The number of nitrogens with zero attached hydrogens (tertiary/aromatic N) is 1. The third-order valence-electron chi connectivity index (χ3n) is 1.12. The second kappa shape index (κ2) is 3.62. The summed E-state index contributed by atoms with van der Waals surface area (Å²) in [4.78, 5) is 3.17. The van der Waals surface area contributed by atoms with E-state index in [0.717, 1.165) is 6.07 Å².